The van der Waals surface area contributed by atoms with Crippen LogP contribution in [0.3, 0.4) is 0 Å². The first-order valence-electron chi connectivity index (χ1n) is 11.6. The van der Waals surface area contributed by atoms with Crippen molar-refractivity contribution in [2.75, 3.05) is 7.11 Å². The molecule has 4 aromatic rings. The van der Waals surface area contributed by atoms with Gasteiger partial charge in [-0.25, -0.2) is 4.98 Å². The van der Waals surface area contributed by atoms with Crippen LogP contribution in [0.4, 0.5) is 13.2 Å². The van der Waals surface area contributed by atoms with E-state index in [2.05, 4.69) is 10.3 Å². The number of amides is 1. The third kappa shape index (κ3) is 7.20. The summed E-state index contributed by atoms with van der Waals surface area (Å²) < 4.78 is 50.8. The number of oxazole rings is 1. The Morgan fingerprint density at radius 3 is 2.43 bits per heavy atom. The molecule has 0 aliphatic carbocycles. The van der Waals surface area contributed by atoms with E-state index in [9.17, 15) is 18.0 Å². The summed E-state index contributed by atoms with van der Waals surface area (Å²) in [7, 11) is 1.56. The minimum atomic E-state index is -4.44. The topological polar surface area (TPSA) is 67.6 Å². The predicted molar refractivity (Wildman–Crippen MR) is 132 cm³/mol. The fraction of sp³-hybridized carbons (Fsp3) is 0.214. The zero-order chi connectivity index (χ0) is 26.3. The fourth-order valence-electron chi connectivity index (χ4n) is 3.89. The van der Waals surface area contributed by atoms with Gasteiger partial charge in [0, 0.05) is 25.2 Å². The van der Waals surface area contributed by atoms with Crippen LogP contribution in [0.1, 0.15) is 38.6 Å². The van der Waals surface area contributed by atoms with E-state index in [4.69, 9.17) is 9.15 Å². The number of hydrogen-bond donors (Lipinski definition) is 1. The van der Waals surface area contributed by atoms with Crippen molar-refractivity contribution in [1.29, 1.82) is 0 Å². The molecule has 37 heavy (non-hydrogen) atoms. The predicted octanol–water partition coefficient (Wildman–Crippen LogP) is 5.83. The standard InChI is InChI=1S/C28H26F3N3O3/c1-36-25-13-6-5-11-22(25)17-34(16-21-10-7-12-23(14-21)28(29,30)31)18-26-33-24(19-37-26)27(35)32-15-20-8-3-2-4-9-20/h2-14,19H,15-18H2,1H3,(H,32,35). The Labute approximate surface area is 212 Å². The summed E-state index contributed by atoms with van der Waals surface area (Å²) in [5, 5.41) is 2.80. The molecular formula is C28H26F3N3O3. The first-order valence-corrected chi connectivity index (χ1v) is 11.6. The third-order valence-corrected chi connectivity index (χ3v) is 5.69. The highest BCUT2D eigenvalue weighted by Crippen LogP contribution is 2.30. The Morgan fingerprint density at radius 1 is 0.946 bits per heavy atom. The Balaban J connectivity index is 1.50. The highest BCUT2D eigenvalue weighted by Gasteiger charge is 2.30. The molecule has 0 unspecified atom stereocenters. The van der Waals surface area contributed by atoms with Crippen molar-refractivity contribution < 1.29 is 27.1 Å². The normalized spacial score (nSPS) is 11.5. The number of para-hydroxylation sites is 1. The molecular weight excluding hydrogens is 483 g/mol. The molecule has 1 heterocycles. The number of carbonyl (C=O) groups is 1. The second kappa shape index (κ2) is 11.7. The fourth-order valence-corrected chi connectivity index (χ4v) is 3.89. The van der Waals surface area contributed by atoms with Crippen molar-refractivity contribution in [3.8, 4) is 5.75 Å². The molecule has 0 fully saturated rings. The molecule has 0 saturated carbocycles. The zero-order valence-electron chi connectivity index (χ0n) is 20.2. The van der Waals surface area contributed by atoms with Crippen LogP contribution in [0.25, 0.3) is 0 Å². The molecule has 6 nitrogen and oxygen atoms in total. The number of carbonyl (C=O) groups excluding carboxylic acids is 1. The maximum atomic E-state index is 13.3. The largest absolute Gasteiger partial charge is 0.496 e. The molecule has 0 saturated heterocycles. The lowest BCUT2D eigenvalue weighted by atomic mass is 10.1. The summed E-state index contributed by atoms with van der Waals surface area (Å²) in [5.74, 6) is 0.546. The van der Waals surface area contributed by atoms with E-state index in [0.717, 1.165) is 23.3 Å². The number of ether oxygens (including phenoxy) is 1. The summed E-state index contributed by atoms with van der Waals surface area (Å²) in [6.07, 6.45) is -3.16. The molecule has 0 radical (unpaired) electrons. The minimum absolute atomic E-state index is 0.127. The average molecular weight is 510 g/mol. The number of rotatable bonds is 10. The molecule has 0 aliphatic heterocycles. The van der Waals surface area contributed by atoms with Gasteiger partial charge in [-0.1, -0.05) is 66.7 Å². The quantitative estimate of drug-likeness (QED) is 0.291. The number of halogens is 3. The van der Waals surface area contributed by atoms with E-state index in [0.29, 0.717) is 24.4 Å². The van der Waals surface area contributed by atoms with Crippen LogP contribution in [0, 0.1) is 0 Å². The van der Waals surface area contributed by atoms with E-state index in [1.54, 1.807) is 13.2 Å². The first kappa shape index (κ1) is 26.0. The maximum Gasteiger partial charge on any atom is 0.416 e. The van der Waals surface area contributed by atoms with Gasteiger partial charge >= 0.3 is 6.18 Å². The van der Waals surface area contributed by atoms with Crippen LogP contribution in [0.15, 0.2) is 89.5 Å². The Morgan fingerprint density at radius 2 is 1.68 bits per heavy atom. The van der Waals surface area contributed by atoms with Gasteiger partial charge in [-0.05, 0) is 23.3 Å². The molecule has 0 aliphatic rings. The Bertz CT molecular complexity index is 1320. The van der Waals surface area contributed by atoms with Crippen molar-refractivity contribution in [3.63, 3.8) is 0 Å². The first-order chi connectivity index (χ1) is 17.8. The second-order valence-electron chi connectivity index (χ2n) is 8.45. The zero-order valence-corrected chi connectivity index (χ0v) is 20.2. The number of nitrogens with one attached hydrogen (secondary N) is 1. The lowest BCUT2D eigenvalue weighted by Gasteiger charge is -2.22. The van der Waals surface area contributed by atoms with E-state index in [1.807, 2.05) is 59.5 Å². The van der Waals surface area contributed by atoms with Gasteiger partial charge in [0.2, 0.25) is 5.89 Å². The molecule has 0 spiro atoms. The highest BCUT2D eigenvalue weighted by molar-refractivity contribution is 5.91. The molecule has 1 amide bonds. The van der Waals surface area contributed by atoms with E-state index < -0.39 is 11.7 Å². The molecule has 192 valence electrons. The van der Waals surface area contributed by atoms with Crippen molar-refractivity contribution in [1.82, 2.24) is 15.2 Å². The van der Waals surface area contributed by atoms with Gasteiger partial charge < -0.3 is 14.5 Å². The highest BCUT2D eigenvalue weighted by atomic mass is 19.4. The summed E-state index contributed by atoms with van der Waals surface area (Å²) in [6, 6.07) is 22.1. The number of hydrogen-bond acceptors (Lipinski definition) is 5. The van der Waals surface area contributed by atoms with Crippen molar-refractivity contribution in [2.45, 2.75) is 32.4 Å². The number of methoxy groups -OCH3 is 1. The van der Waals surface area contributed by atoms with Gasteiger partial charge in [0.15, 0.2) is 5.69 Å². The van der Waals surface area contributed by atoms with Crippen molar-refractivity contribution in [3.05, 3.63) is 119 Å². The number of nitrogens with zero attached hydrogens (tertiary/aromatic N) is 2. The smallest absolute Gasteiger partial charge is 0.416 e. The number of benzene rings is 3. The van der Waals surface area contributed by atoms with Gasteiger partial charge in [-0.15, -0.1) is 0 Å². The Kier molecular flexibility index (Phi) is 8.25. The van der Waals surface area contributed by atoms with Crippen LogP contribution < -0.4 is 10.1 Å². The number of alkyl halides is 3. The maximum absolute atomic E-state index is 13.3. The SMILES string of the molecule is COc1ccccc1CN(Cc1cccc(C(F)(F)F)c1)Cc1nc(C(=O)NCc2ccccc2)co1. The third-order valence-electron chi connectivity index (χ3n) is 5.69. The molecule has 0 atom stereocenters. The summed E-state index contributed by atoms with van der Waals surface area (Å²) in [6.45, 7) is 1.07. The molecule has 1 aromatic heterocycles. The van der Waals surface area contributed by atoms with Crippen molar-refractivity contribution in [2.24, 2.45) is 0 Å². The molecule has 0 bridgehead atoms. The van der Waals surface area contributed by atoms with Gasteiger partial charge in [0.1, 0.15) is 12.0 Å². The van der Waals surface area contributed by atoms with Crippen LogP contribution in [-0.4, -0.2) is 22.9 Å². The van der Waals surface area contributed by atoms with E-state index >= 15 is 0 Å². The molecule has 9 heteroatoms. The van der Waals surface area contributed by atoms with Crippen LogP contribution in [0.2, 0.25) is 0 Å². The lowest BCUT2D eigenvalue weighted by molar-refractivity contribution is -0.137. The van der Waals surface area contributed by atoms with E-state index in [1.165, 1.54) is 12.3 Å². The van der Waals surface area contributed by atoms with Crippen molar-refractivity contribution >= 4 is 5.91 Å². The Hall–Kier alpha value is -4.11. The molecule has 3 aromatic carbocycles. The lowest BCUT2D eigenvalue weighted by Crippen LogP contribution is -2.24. The summed E-state index contributed by atoms with van der Waals surface area (Å²) in [5.41, 5.74) is 1.70. The minimum Gasteiger partial charge on any atom is -0.496 e. The molecule has 1 N–H and O–H groups in total. The summed E-state index contributed by atoms with van der Waals surface area (Å²) in [4.78, 5) is 18.7. The number of aromatic nitrogens is 1. The second-order valence-corrected chi connectivity index (χ2v) is 8.45. The van der Waals surface area contributed by atoms with Crippen LogP contribution in [-0.2, 0) is 32.4 Å². The van der Waals surface area contributed by atoms with Crippen LogP contribution in [0.5, 0.6) is 5.75 Å². The van der Waals surface area contributed by atoms with Gasteiger partial charge in [-0.2, -0.15) is 13.2 Å². The average Bonchev–Trinajstić information content (AvgIpc) is 3.36. The van der Waals surface area contributed by atoms with E-state index in [-0.39, 0.29) is 30.6 Å². The van der Waals surface area contributed by atoms with Gasteiger partial charge in [0.25, 0.3) is 5.91 Å². The van der Waals surface area contributed by atoms with Gasteiger partial charge in [0.05, 0.1) is 19.2 Å². The summed E-state index contributed by atoms with van der Waals surface area (Å²) >= 11 is 0. The molecule has 4 rings (SSSR count). The monoisotopic (exact) mass is 509 g/mol. The van der Waals surface area contributed by atoms with Crippen LogP contribution >= 0.6 is 0 Å². The van der Waals surface area contributed by atoms with Gasteiger partial charge in [-0.3, -0.25) is 9.69 Å².